The van der Waals surface area contributed by atoms with Gasteiger partial charge in [0, 0.05) is 30.5 Å². The Morgan fingerprint density at radius 3 is 2.28 bits per heavy atom. The van der Waals surface area contributed by atoms with Crippen LogP contribution in [0.15, 0.2) is 61.2 Å². The van der Waals surface area contributed by atoms with Gasteiger partial charge in [0.25, 0.3) is 0 Å². The number of aromatic nitrogens is 3. The number of nitrogens with one attached hydrogen (secondary N) is 1. The third kappa shape index (κ3) is 5.53. The van der Waals surface area contributed by atoms with Crippen molar-refractivity contribution in [1.82, 2.24) is 19.7 Å². The maximum Gasteiger partial charge on any atom is 0.238 e. The van der Waals surface area contributed by atoms with E-state index in [1.54, 1.807) is 11.0 Å². The second-order valence-corrected chi connectivity index (χ2v) is 8.52. The minimum Gasteiger partial charge on any atom is -0.372 e. The molecule has 1 fully saturated rings. The van der Waals surface area contributed by atoms with Gasteiger partial charge in [0.2, 0.25) is 5.91 Å². The van der Waals surface area contributed by atoms with Crippen LogP contribution in [-0.2, 0) is 4.79 Å². The number of carbonyl (C=O) groups is 1. The third-order valence-electron chi connectivity index (χ3n) is 6.24. The summed E-state index contributed by atoms with van der Waals surface area (Å²) in [5.74, 6) is -0.0129. The van der Waals surface area contributed by atoms with Gasteiger partial charge in [-0.05, 0) is 68.8 Å². The Kier molecular flexibility index (Phi) is 7.17. The van der Waals surface area contributed by atoms with Crippen molar-refractivity contribution in [3.05, 3.63) is 66.7 Å². The van der Waals surface area contributed by atoms with Gasteiger partial charge in [-0.1, -0.05) is 25.0 Å². The van der Waals surface area contributed by atoms with E-state index in [-0.39, 0.29) is 11.9 Å². The van der Waals surface area contributed by atoms with Crippen LogP contribution >= 0.6 is 0 Å². The average Bonchev–Trinajstić information content (AvgIpc) is 3.22. The van der Waals surface area contributed by atoms with Gasteiger partial charge in [0.1, 0.15) is 12.7 Å². The summed E-state index contributed by atoms with van der Waals surface area (Å²) < 4.78 is 1.73. The molecule has 2 heterocycles. The summed E-state index contributed by atoms with van der Waals surface area (Å²) in [6.07, 6.45) is 8.35. The maximum absolute atomic E-state index is 12.6. The molecular weight excluding hydrogens is 400 g/mol. The zero-order valence-corrected chi connectivity index (χ0v) is 18.9. The summed E-state index contributed by atoms with van der Waals surface area (Å²) in [5, 5.41) is 7.18. The summed E-state index contributed by atoms with van der Waals surface area (Å²) >= 11 is 0. The molecule has 0 spiro atoms. The summed E-state index contributed by atoms with van der Waals surface area (Å²) in [4.78, 5) is 21.1. The van der Waals surface area contributed by atoms with Crippen molar-refractivity contribution >= 4 is 17.3 Å². The van der Waals surface area contributed by atoms with E-state index in [0.717, 1.165) is 30.0 Å². The SMILES string of the molecule is CC(c1ccc(-n2cncn2)cc1)N(C)CC(=O)Nc1ccc(N2CCCCCC2)cc1. The molecule has 0 radical (unpaired) electrons. The minimum absolute atomic E-state index is 0.0129. The zero-order chi connectivity index (χ0) is 22.3. The Morgan fingerprint density at radius 1 is 1.00 bits per heavy atom. The van der Waals surface area contributed by atoms with E-state index < -0.39 is 0 Å². The molecule has 1 saturated heterocycles. The van der Waals surface area contributed by atoms with Crippen LogP contribution < -0.4 is 10.2 Å². The second-order valence-electron chi connectivity index (χ2n) is 8.52. The monoisotopic (exact) mass is 432 g/mol. The molecule has 1 aliphatic heterocycles. The van der Waals surface area contributed by atoms with E-state index in [2.05, 4.69) is 51.5 Å². The lowest BCUT2D eigenvalue weighted by molar-refractivity contribution is -0.117. The van der Waals surface area contributed by atoms with Crippen LogP contribution in [0.2, 0.25) is 0 Å². The molecule has 3 aromatic rings. The molecule has 2 aromatic carbocycles. The van der Waals surface area contributed by atoms with Crippen molar-refractivity contribution in [3.63, 3.8) is 0 Å². The lowest BCUT2D eigenvalue weighted by Gasteiger charge is -2.25. The van der Waals surface area contributed by atoms with Crippen molar-refractivity contribution in [2.24, 2.45) is 0 Å². The topological polar surface area (TPSA) is 66.3 Å². The molecule has 1 aromatic heterocycles. The molecule has 1 aliphatic rings. The van der Waals surface area contributed by atoms with Crippen molar-refractivity contribution in [2.45, 2.75) is 38.6 Å². The first-order valence-electron chi connectivity index (χ1n) is 11.4. The highest BCUT2D eigenvalue weighted by atomic mass is 16.2. The predicted octanol–water partition coefficient (Wildman–Crippen LogP) is 4.28. The van der Waals surface area contributed by atoms with Crippen LogP contribution in [0, 0.1) is 0 Å². The number of hydrogen-bond acceptors (Lipinski definition) is 5. The number of amides is 1. The fraction of sp³-hybridized carbons (Fsp3) is 0.400. The number of hydrogen-bond donors (Lipinski definition) is 1. The number of likely N-dealkylation sites (N-methyl/N-ethyl adjacent to an activating group) is 1. The highest BCUT2D eigenvalue weighted by Crippen LogP contribution is 2.23. The Labute approximate surface area is 190 Å². The normalized spacial score (nSPS) is 15.4. The molecule has 32 heavy (non-hydrogen) atoms. The summed E-state index contributed by atoms with van der Waals surface area (Å²) in [7, 11) is 1.97. The molecule has 1 amide bonds. The minimum atomic E-state index is -0.0129. The Morgan fingerprint density at radius 2 is 1.66 bits per heavy atom. The van der Waals surface area contributed by atoms with Crippen LogP contribution in [0.1, 0.15) is 44.2 Å². The number of nitrogens with zero attached hydrogens (tertiary/aromatic N) is 5. The van der Waals surface area contributed by atoms with E-state index in [1.807, 2.05) is 36.2 Å². The third-order valence-corrected chi connectivity index (χ3v) is 6.24. The van der Waals surface area contributed by atoms with Gasteiger partial charge < -0.3 is 10.2 Å². The molecule has 7 nitrogen and oxygen atoms in total. The first-order chi connectivity index (χ1) is 15.6. The zero-order valence-electron chi connectivity index (χ0n) is 18.9. The number of carbonyl (C=O) groups excluding carboxylic acids is 1. The standard InChI is InChI=1S/C25H32N6O/c1-20(21-7-11-24(12-8-21)31-19-26-18-27-31)29(2)17-25(32)28-22-9-13-23(14-10-22)30-15-5-3-4-6-16-30/h7-14,18-20H,3-6,15-17H2,1-2H3,(H,28,32). The molecule has 1 N–H and O–H groups in total. The van der Waals surface area contributed by atoms with Gasteiger partial charge in [-0.25, -0.2) is 9.67 Å². The lowest BCUT2D eigenvalue weighted by Crippen LogP contribution is -2.32. The average molecular weight is 433 g/mol. The maximum atomic E-state index is 12.6. The van der Waals surface area contributed by atoms with Crippen LogP contribution in [0.25, 0.3) is 5.69 Å². The van der Waals surface area contributed by atoms with Gasteiger partial charge in [0.05, 0.1) is 12.2 Å². The molecule has 0 saturated carbocycles. The van der Waals surface area contributed by atoms with Gasteiger partial charge in [-0.3, -0.25) is 9.69 Å². The smallest absolute Gasteiger partial charge is 0.238 e. The van der Waals surface area contributed by atoms with E-state index in [4.69, 9.17) is 0 Å². The molecule has 7 heteroatoms. The fourth-order valence-electron chi connectivity index (χ4n) is 4.15. The Hall–Kier alpha value is -3.19. The van der Waals surface area contributed by atoms with Crippen molar-refractivity contribution in [2.75, 3.05) is 36.9 Å². The first-order valence-corrected chi connectivity index (χ1v) is 11.4. The molecule has 168 valence electrons. The molecule has 0 aliphatic carbocycles. The largest absolute Gasteiger partial charge is 0.372 e. The summed E-state index contributed by atoms with van der Waals surface area (Å²) in [5.41, 5.74) is 4.19. The summed E-state index contributed by atoms with van der Waals surface area (Å²) in [6.45, 7) is 4.66. The summed E-state index contributed by atoms with van der Waals surface area (Å²) in [6, 6.07) is 16.5. The number of benzene rings is 2. The van der Waals surface area contributed by atoms with Crippen LogP contribution in [-0.4, -0.2) is 52.3 Å². The van der Waals surface area contributed by atoms with Crippen molar-refractivity contribution in [3.8, 4) is 5.69 Å². The lowest BCUT2D eigenvalue weighted by atomic mass is 10.1. The Balaban J connectivity index is 1.30. The second kappa shape index (κ2) is 10.4. The first kappa shape index (κ1) is 22.0. The van der Waals surface area contributed by atoms with Crippen LogP contribution in [0.5, 0.6) is 0 Å². The number of rotatable bonds is 7. The Bertz CT molecular complexity index is 976. The molecule has 1 atom stereocenters. The van der Waals surface area contributed by atoms with E-state index in [1.165, 1.54) is 37.7 Å². The van der Waals surface area contributed by atoms with E-state index in [9.17, 15) is 4.79 Å². The van der Waals surface area contributed by atoms with Gasteiger partial charge in [0.15, 0.2) is 0 Å². The highest BCUT2D eigenvalue weighted by Gasteiger charge is 2.16. The molecular formula is C25H32N6O. The van der Waals surface area contributed by atoms with Crippen molar-refractivity contribution in [1.29, 1.82) is 0 Å². The molecule has 4 rings (SSSR count). The quantitative estimate of drug-likeness (QED) is 0.604. The van der Waals surface area contributed by atoms with Crippen molar-refractivity contribution < 1.29 is 4.79 Å². The fourth-order valence-corrected chi connectivity index (χ4v) is 4.15. The van der Waals surface area contributed by atoms with Gasteiger partial charge in [-0.15, -0.1) is 0 Å². The predicted molar refractivity (Wildman–Crippen MR) is 128 cm³/mol. The van der Waals surface area contributed by atoms with E-state index >= 15 is 0 Å². The van der Waals surface area contributed by atoms with Gasteiger partial charge >= 0.3 is 0 Å². The van der Waals surface area contributed by atoms with Crippen LogP contribution in [0.4, 0.5) is 11.4 Å². The molecule has 1 unspecified atom stereocenters. The van der Waals surface area contributed by atoms with Crippen LogP contribution in [0.3, 0.4) is 0 Å². The molecule has 0 bridgehead atoms. The highest BCUT2D eigenvalue weighted by molar-refractivity contribution is 5.92. The number of anilines is 2. The van der Waals surface area contributed by atoms with E-state index in [0.29, 0.717) is 6.54 Å². The van der Waals surface area contributed by atoms with Gasteiger partial charge in [-0.2, -0.15) is 5.10 Å².